The predicted octanol–water partition coefficient (Wildman–Crippen LogP) is 5.09. The minimum absolute atomic E-state index is 0.0191. The van der Waals surface area contributed by atoms with Crippen LogP contribution in [-0.4, -0.2) is 66.1 Å². The average Bonchev–Trinajstić information content (AvgIpc) is 3.48. The van der Waals surface area contributed by atoms with E-state index >= 15 is 4.39 Å². The Kier molecular flexibility index (Phi) is 8.53. The van der Waals surface area contributed by atoms with E-state index in [1.54, 1.807) is 12.1 Å². The van der Waals surface area contributed by atoms with Crippen LogP contribution >= 0.6 is 22.9 Å². The molecule has 1 atom stereocenters. The summed E-state index contributed by atoms with van der Waals surface area (Å²) < 4.78 is 22.2. The van der Waals surface area contributed by atoms with Gasteiger partial charge in [0.2, 0.25) is 5.91 Å². The molecule has 0 bridgehead atoms. The predicted molar refractivity (Wildman–Crippen MR) is 160 cm³/mol. The lowest BCUT2D eigenvalue weighted by molar-refractivity contribution is -0.121. The van der Waals surface area contributed by atoms with Gasteiger partial charge in [-0.15, -0.1) is 0 Å². The van der Waals surface area contributed by atoms with Crippen LogP contribution in [0.2, 0.25) is 5.02 Å². The van der Waals surface area contributed by atoms with E-state index in [4.69, 9.17) is 27.8 Å². The number of amides is 1. The normalized spacial score (nSPS) is 18.0. The van der Waals surface area contributed by atoms with Crippen LogP contribution in [-0.2, 0) is 4.79 Å². The van der Waals surface area contributed by atoms with Gasteiger partial charge in [-0.25, -0.2) is 9.37 Å². The molecular weight excluding hydrogens is 553 g/mol. The highest BCUT2D eigenvalue weighted by Crippen LogP contribution is 2.42. The molecule has 4 aromatic rings. The molecule has 4 N–H and O–H groups in total. The van der Waals surface area contributed by atoms with Crippen LogP contribution < -0.4 is 21.1 Å². The molecule has 2 fully saturated rings. The SMILES string of the molecule is CN1CCCC1.COc1nc(N2CCCCC(C(N)=O)C2)c2cc(Cl)c(-c3cccc4sc(N)nc34)c(F)c2n1. The number of carbonyl (C=O) groups excluding carboxylic acids is 1. The molecule has 2 aromatic heterocycles. The Morgan fingerprint density at radius 2 is 1.88 bits per heavy atom. The number of anilines is 2. The topological polar surface area (TPSA) is 123 Å². The monoisotopic (exact) mass is 585 g/mol. The first-order valence-electron chi connectivity index (χ1n) is 13.4. The number of rotatable bonds is 4. The standard InChI is InChI=1S/C23H22ClFN6O2S.C5H11N/c1-33-23-29-19-13(21(30-23)31-8-3-2-5-11(10-31)20(26)32)9-14(24)16(17(19)25)12-6-4-7-15-18(12)28-22(27)34-15;1-6-4-2-3-5-6/h4,6-7,9,11H,2-3,5,8,10H2,1H3,(H2,26,32)(H2,27,28);2-5H2,1H3. The molecule has 212 valence electrons. The second-order valence-electron chi connectivity index (χ2n) is 10.2. The molecule has 0 aliphatic carbocycles. The lowest BCUT2D eigenvalue weighted by atomic mass is 10.0. The van der Waals surface area contributed by atoms with Crippen molar-refractivity contribution in [1.29, 1.82) is 0 Å². The van der Waals surface area contributed by atoms with Crippen molar-refractivity contribution in [3.8, 4) is 17.1 Å². The van der Waals surface area contributed by atoms with Gasteiger partial charge in [-0.1, -0.05) is 41.5 Å². The van der Waals surface area contributed by atoms with E-state index in [1.165, 1.54) is 44.4 Å². The number of carbonyl (C=O) groups is 1. The van der Waals surface area contributed by atoms with E-state index in [0.29, 0.717) is 46.9 Å². The number of primary amides is 1. The molecule has 9 nitrogen and oxygen atoms in total. The first-order chi connectivity index (χ1) is 19.3. The van der Waals surface area contributed by atoms with Crippen LogP contribution in [0.1, 0.15) is 32.1 Å². The molecule has 0 spiro atoms. The number of hydrogen-bond donors (Lipinski definition) is 2. The van der Waals surface area contributed by atoms with Gasteiger partial charge in [-0.3, -0.25) is 4.79 Å². The van der Waals surface area contributed by atoms with Crippen LogP contribution in [0.4, 0.5) is 15.3 Å². The molecule has 12 heteroatoms. The first kappa shape index (κ1) is 28.3. The largest absolute Gasteiger partial charge is 0.467 e. The van der Waals surface area contributed by atoms with Crippen molar-refractivity contribution in [2.24, 2.45) is 11.7 Å². The number of nitrogen functional groups attached to an aromatic ring is 1. The average molecular weight is 586 g/mol. The van der Waals surface area contributed by atoms with Gasteiger partial charge in [-0.2, -0.15) is 9.97 Å². The highest BCUT2D eigenvalue weighted by molar-refractivity contribution is 7.22. The van der Waals surface area contributed by atoms with Gasteiger partial charge >= 0.3 is 6.01 Å². The molecule has 40 heavy (non-hydrogen) atoms. The molecule has 2 aromatic carbocycles. The van der Waals surface area contributed by atoms with E-state index < -0.39 is 5.82 Å². The van der Waals surface area contributed by atoms with E-state index in [2.05, 4.69) is 26.9 Å². The number of benzene rings is 2. The van der Waals surface area contributed by atoms with Crippen molar-refractivity contribution < 1.29 is 13.9 Å². The zero-order valence-electron chi connectivity index (χ0n) is 22.6. The molecule has 2 aliphatic heterocycles. The summed E-state index contributed by atoms with van der Waals surface area (Å²) in [5, 5.41) is 1.01. The highest BCUT2D eigenvalue weighted by atomic mass is 35.5. The third-order valence-corrected chi connectivity index (χ3v) is 8.58. The Labute approximate surface area is 241 Å². The summed E-state index contributed by atoms with van der Waals surface area (Å²) in [6.07, 6.45) is 5.24. The minimum Gasteiger partial charge on any atom is -0.467 e. The second-order valence-corrected chi connectivity index (χ2v) is 11.7. The van der Waals surface area contributed by atoms with Crippen molar-refractivity contribution in [3.05, 3.63) is 35.1 Å². The molecule has 1 amide bonds. The molecule has 6 rings (SSSR count). The Morgan fingerprint density at radius 1 is 1.12 bits per heavy atom. The number of nitrogens with zero attached hydrogens (tertiary/aromatic N) is 5. The smallest absolute Gasteiger partial charge is 0.318 e. The van der Waals surface area contributed by atoms with Gasteiger partial charge in [0.15, 0.2) is 10.9 Å². The fourth-order valence-electron chi connectivity index (χ4n) is 5.35. The zero-order chi connectivity index (χ0) is 28.4. The summed E-state index contributed by atoms with van der Waals surface area (Å²) in [6.45, 7) is 3.65. The summed E-state index contributed by atoms with van der Waals surface area (Å²) in [5.74, 6) is -0.839. The summed E-state index contributed by atoms with van der Waals surface area (Å²) in [6, 6.07) is 7.11. The van der Waals surface area contributed by atoms with E-state index in [-0.39, 0.29) is 33.9 Å². The molecule has 2 saturated heterocycles. The number of ether oxygens (including phenoxy) is 1. The van der Waals surface area contributed by atoms with Crippen LogP contribution in [0.15, 0.2) is 24.3 Å². The number of methoxy groups -OCH3 is 1. The van der Waals surface area contributed by atoms with Gasteiger partial charge in [0, 0.05) is 29.6 Å². The fraction of sp³-hybridized carbons (Fsp3) is 0.429. The number of hydrogen-bond acceptors (Lipinski definition) is 9. The fourth-order valence-corrected chi connectivity index (χ4v) is 6.40. The zero-order valence-corrected chi connectivity index (χ0v) is 24.2. The van der Waals surface area contributed by atoms with Crippen molar-refractivity contribution in [1.82, 2.24) is 19.9 Å². The Morgan fingerprint density at radius 3 is 2.55 bits per heavy atom. The quantitative estimate of drug-likeness (QED) is 0.339. The lowest BCUT2D eigenvalue weighted by Crippen LogP contribution is -2.35. The maximum absolute atomic E-state index is 16.1. The highest BCUT2D eigenvalue weighted by Gasteiger charge is 2.27. The lowest BCUT2D eigenvalue weighted by Gasteiger charge is -2.26. The van der Waals surface area contributed by atoms with Crippen LogP contribution in [0.25, 0.3) is 32.2 Å². The van der Waals surface area contributed by atoms with Gasteiger partial charge < -0.3 is 26.0 Å². The third kappa shape index (κ3) is 5.77. The van der Waals surface area contributed by atoms with Crippen LogP contribution in [0.3, 0.4) is 0 Å². The van der Waals surface area contributed by atoms with Gasteiger partial charge in [0.25, 0.3) is 0 Å². The van der Waals surface area contributed by atoms with Crippen LogP contribution in [0, 0.1) is 11.7 Å². The maximum Gasteiger partial charge on any atom is 0.318 e. The number of nitrogens with two attached hydrogens (primary N) is 2. The molecule has 4 heterocycles. The van der Waals surface area contributed by atoms with E-state index in [0.717, 1.165) is 17.5 Å². The number of likely N-dealkylation sites (tertiary alicyclic amines) is 1. The number of para-hydroxylation sites is 1. The van der Waals surface area contributed by atoms with Crippen molar-refractivity contribution in [2.45, 2.75) is 32.1 Å². The Bertz CT molecular complexity index is 1540. The minimum atomic E-state index is -0.607. The molecule has 0 radical (unpaired) electrons. The van der Waals surface area contributed by atoms with E-state index in [1.807, 2.05) is 17.0 Å². The van der Waals surface area contributed by atoms with Crippen molar-refractivity contribution in [3.63, 3.8) is 0 Å². The number of halogens is 2. The third-order valence-electron chi connectivity index (χ3n) is 7.43. The first-order valence-corrected chi connectivity index (χ1v) is 14.6. The van der Waals surface area contributed by atoms with Crippen molar-refractivity contribution in [2.75, 3.05) is 51.0 Å². The second kappa shape index (κ2) is 12.1. The van der Waals surface area contributed by atoms with Gasteiger partial charge in [0.1, 0.15) is 11.3 Å². The number of fused-ring (bicyclic) bond motifs is 2. The molecule has 2 aliphatic rings. The Hall–Kier alpha value is -3.28. The summed E-state index contributed by atoms with van der Waals surface area (Å²) in [7, 11) is 3.60. The van der Waals surface area contributed by atoms with Gasteiger partial charge in [-0.05, 0) is 58.0 Å². The summed E-state index contributed by atoms with van der Waals surface area (Å²) in [5.41, 5.74) is 12.9. The Balaban J connectivity index is 0.000000477. The molecule has 0 saturated carbocycles. The summed E-state index contributed by atoms with van der Waals surface area (Å²) >= 11 is 7.99. The number of aromatic nitrogens is 3. The summed E-state index contributed by atoms with van der Waals surface area (Å²) in [4.78, 5) is 29.4. The molecular formula is C28H33ClFN7O2S. The van der Waals surface area contributed by atoms with Crippen molar-refractivity contribution >= 4 is 60.9 Å². The number of thiazole rings is 1. The maximum atomic E-state index is 16.1. The molecule has 1 unspecified atom stereocenters. The van der Waals surface area contributed by atoms with Crippen LogP contribution in [0.5, 0.6) is 6.01 Å². The van der Waals surface area contributed by atoms with Gasteiger partial charge in [0.05, 0.1) is 28.3 Å². The van der Waals surface area contributed by atoms with E-state index in [9.17, 15) is 4.79 Å².